The highest BCUT2D eigenvalue weighted by atomic mass is 16.2. The number of aryl methyl sites for hydroxylation is 1. The number of benzene rings is 1. The molecule has 2 fully saturated rings. The predicted octanol–water partition coefficient (Wildman–Crippen LogP) is 3.58. The standard InChI is InChI=1S/C24H30N6O2/c1-17(18-9-10-18)30-21(11-13-25-30)27-22(31)12-16-29-20-8-4-3-7-19(20)26-23(24(29)32)28-14-5-2-6-15-28/h3-4,7-8,11,13,17-18H,2,5-6,9-10,12,14-16H2,1H3,(H,27,31). The maximum Gasteiger partial charge on any atom is 0.294 e. The predicted molar refractivity (Wildman–Crippen MR) is 125 cm³/mol. The normalized spacial score (nSPS) is 17.5. The highest BCUT2D eigenvalue weighted by molar-refractivity contribution is 5.90. The number of amides is 1. The monoisotopic (exact) mass is 434 g/mol. The molecule has 0 spiro atoms. The number of para-hydroxylation sites is 2. The Hall–Kier alpha value is -3.16. The van der Waals surface area contributed by atoms with Crippen molar-refractivity contribution in [2.75, 3.05) is 23.3 Å². The van der Waals surface area contributed by atoms with Gasteiger partial charge in [-0.15, -0.1) is 0 Å². The number of rotatable bonds is 7. The Morgan fingerprint density at radius 3 is 2.72 bits per heavy atom. The van der Waals surface area contributed by atoms with E-state index in [1.807, 2.05) is 35.0 Å². The van der Waals surface area contributed by atoms with Crippen molar-refractivity contribution in [3.05, 3.63) is 46.9 Å². The van der Waals surface area contributed by atoms with E-state index in [-0.39, 0.29) is 23.9 Å². The molecule has 168 valence electrons. The zero-order chi connectivity index (χ0) is 22.1. The van der Waals surface area contributed by atoms with Gasteiger partial charge in [0.2, 0.25) is 5.91 Å². The maximum atomic E-state index is 13.4. The lowest BCUT2D eigenvalue weighted by Gasteiger charge is -2.27. The summed E-state index contributed by atoms with van der Waals surface area (Å²) >= 11 is 0. The Kier molecular flexibility index (Phi) is 5.68. The molecule has 1 saturated carbocycles. The van der Waals surface area contributed by atoms with Crippen LogP contribution in [0.25, 0.3) is 11.0 Å². The van der Waals surface area contributed by atoms with Crippen LogP contribution in [0.15, 0.2) is 41.3 Å². The van der Waals surface area contributed by atoms with Crippen LogP contribution in [0, 0.1) is 5.92 Å². The molecule has 1 unspecified atom stereocenters. The summed E-state index contributed by atoms with van der Waals surface area (Å²) in [4.78, 5) is 32.9. The highest BCUT2D eigenvalue weighted by Crippen LogP contribution is 2.40. The molecule has 3 aromatic rings. The molecule has 32 heavy (non-hydrogen) atoms. The Labute approximate surface area is 187 Å². The number of anilines is 2. The second-order valence-electron chi connectivity index (χ2n) is 8.97. The highest BCUT2D eigenvalue weighted by Gasteiger charge is 2.30. The van der Waals surface area contributed by atoms with Crippen LogP contribution in [0.1, 0.15) is 51.5 Å². The summed E-state index contributed by atoms with van der Waals surface area (Å²) in [7, 11) is 0. The van der Waals surface area contributed by atoms with E-state index in [1.165, 1.54) is 19.3 Å². The summed E-state index contributed by atoms with van der Waals surface area (Å²) in [6.45, 7) is 4.15. The van der Waals surface area contributed by atoms with E-state index in [4.69, 9.17) is 0 Å². The van der Waals surface area contributed by atoms with Gasteiger partial charge in [-0.25, -0.2) is 9.67 Å². The minimum Gasteiger partial charge on any atom is -0.352 e. The van der Waals surface area contributed by atoms with Crippen molar-refractivity contribution in [2.24, 2.45) is 5.92 Å². The van der Waals surface area contributed by atoms with Gasteiger partial charge in [-0.3, -0.25) is 9.59 Å². The third-order valence-electron chi connectivity index (χ3n) is 6.68. The number of nitrogens with one attached hydrogen (secondary N) is 1. The molecule has 1 saturated heterocycles. The molecule has 1 atom stereocenters. The number of piperidine rings is 1. The minimum absolute atomic E-state index is 0.120. The van der Waals surface area contributed by atoms with E-state index in [2.05, 4.69) is 27.2 Å². The number of nitrogens with zero attached hydrogens (tertiary/aromatic N) is 5. The quantitative estimate of drug-likeness (QED) is 0.614. The molecule has 2 aliphatic rings. The fourth-order valence-corrected chi connectivity index (χ4v) is 4.65. The van der Waals surface area contributed by atoms with Crippen LogP contribution in [0.3, 0.4) is 0 Å². The maximum absolute atomic E-state index is 13.4. The molecular weight excluding hydrogens is 404 g/mol. The van der Waals surface area contributed by atoms with Crippen LogP contribution in [-0.2, 0) is 11.3 Å². The van der Waals surface area contributed by atoms with Gasteiger partial charge in [0.1, 0.15) is 5.82 Å². The van der Waals surface area contributed by atoms with Crippen molar-refractivity contribution < 1.29 is 4.79 Å². The summed E-state index contributed by atoms with van der Waals surface area (Å²) in [6.07, 6.45) is 7.69. The second-order valence-corrected chi connectivity index (χ2v) is 8.97. The molecule has 8 heteroatoms. The topological polar surface area (TPSA) is 85.0 Å². The average molecular weight is 435 g/mol. The van der Waals surface area contributed by atoms with Crippen molar-refractivity contribution in [2.45, 2.75) is 58.0 Å². The van der Waals surface area contributed by atoms with Gasteiger partial charge in [-0.05, 0) is 57.1 Å². The van der Waals surface area contributed by atoms with Crippen LogP contribution in [-0.4, -0.2) is 38.3 Å². The Bertz CT molecular complexity index is 1170. The zero-order valence-corrected chi connectivity index (χ0v) is 18.5. The largest absolute Gasteiger partial charge is 0.352 e. The Morgan fingerprint density at radius 2 is 1.94 bits per heavy atom. The van der Waals surface area contributed by atoms with Gasteiger partial charge in [-0.1, -0.05) is 12.1 Å². The molecule has 3 heterocycles. The molecule has 1 aliphatic heterocycles. The van der Waals surface area contributed by atoms with Gasteiger partial charge < -0.3 is 14.8 Å². The van der Waals surface area contributed by atoms with E-state index in [1.54, 1.807) is 10.8 Å². The Morgan fingerprint density at radius 1 is 1.16 bits per heavy atom. The molecule has 1 amide bonds. The third-order valence-corrected chi connectivity index (χ3v) is 6.68. The smallest absolute Gasteiger partial charge is 0.294 e. The summed E-state index contributed by atoms with van der Waals surface area (Å²) in [6, 6.07) is 9.76. The lowest BCUT2D eigenvalue weighted by atomic mass is 10.1. The van der Waals surface area contributed by atoms with Gasteiger partial charge in [0.05, 0.1) is 23.3 Å². The summed E-state index contributed by atoms with van der Waals surface area (Å²) in [5.74, 6) is 1.73. The number of hydrogen-bond acceptors (Lipinski definition) is 5. The lowest BCUT2D eigenvalue weighted by molar-refractivity contribution is -0.116. The summed E-state index contributed by atoms with van der Waals surface area (Å²) in [5, 5.41) is 7.39. The fraction of sp³-hybridized carbons (Fsp3) is 0.500. The molecular formula is C24H30N6O2. The molecule has 1 aromatic carbocycles. The minimum atomic E-state index is -0.123. The van der Waals surface area contributed by atoms with E-state index >= 15 is 0 Å². The second kappa shape index (κ2) is 8.76. The van der Waals surface area contributed by atoms with Gasteiger partial charge >= 0.3 is 0 Å². The lowest BCUT2D eigenvalue weighted by Crippen LogP contribution is -2.37. The van der Waals surface area contributed by atoms with Gasteiger partial charge in [0, 0.05) is 32.1 Å². The number of carbonyl (C=O) groups is 1. The third kappa shape index (κ3) is 4.13. The Balaban J connectivity index is 1.36. The van der Waals surface area contributed by atoms with Crippen molar-refractivity contribution in [1.82, 2.24) is 19.3 Å². The molecule has 2 aromatic heterocycles. The first-order chi connectivity index (χ1) is 15.6. The van der Waals surface area contributed by atoms with Gasteiger partial charge in [0.15, 0.2) is 5.82 Å². The van der Waals surface area contributed by atoms with E-state index in [0.29, 0.717) is 18.3 Å². The van der Waals surface area contributed by atoms with Crippen LogP contribution in [0.4, 0.5) is 11.6 Å². The van der Waals surface area contributed by atoms with Crippen molar-refractivity contribution >= 4 is 28.6 Å². The van der Waals surface area contributed by atoms with Crippen LogP contribution < -0.4 is 15.8 Å². The van der Waals surface area contributed by atoms with E-state index < -0.39 is 0 Å². The molecule has 0 radical (unpaired) electrons. The molecule has 1 aliphatic carbocycles. The van der Waals surface area contributed by atoms with Crippen LogP contribution in [0.2, 0.25) is 0 Å². The zero-order valence-electron chi connectivity index (χ0n) is 18.5. The fourth-order valence-electron chi connectivity index (χ4n) is 4.65. The SMILES string of the molecule is CC(C1CC1)n1nccc1NC(=O)CCn1c(=O)c(N2CCCCC2)nc2ccccc21. The number of fused-ring (bicyclic) bond motifs is 1. The van der Waals surface area contributed by atoms with Crippen molar-refractivity contribution in [3.63, 3.8) is 0 Å². The molecule has 1 N–H and O–H groups in total. The first-order valence-corrected chi connectivity index (χ1v) is 11.7. The van der Waals surface area contributed by atoms with E-state index in [9.17, 15) is 9.59 Å². The molecule has 8 nitrogen and oxygen atoms in total. The number of hydrogen-bond donors (Lipinski definition) is 1. The number of aromatic nitrogens is 4. The van der Waals surface area contributed by atoms with Gasteiger partial charge in [-0.2, -0.15) is 5.10 Å². The summed E-state index contributed by atoms with van der Waals surface area (Å²) < 4.78 is 3.61. The first-order valence-electron chi connectivity index (χ1n) is 11.7. The summed E-state index contributed by atoms with van der Waals surface area (Å²) in [5.41, 5.74) is 1.42. The number of carbonyl (C=O) groups excluding carboxylic acids is 1. The van der Waals surface area contributed by atoms with Crippen molar-refractivity contribution in [1.29, 1.82) is 0 Å². The van der Waals surface area contributed by atoms with Crippen molar-refractivity contribution in [3.8, 4) is 0 Å². The average Bonchev–Trinajstić information content (AvgIpc) is 3.57. The van der Waals surface area contributed by atoms with Crippen LogP contribution >= 0.6 is 0 Å². The van der Waals surface area contributed by atoms with Crippen LogP contribution in [0.5, 0.6) is 0 Å². The first kappa shape index (κ1) is 20.7. The molecule has 0 bridgehead atoms. The van der Waals surface area contributed by atoms with Gasteiger partial charge in [0.25, 0.3) is 5.56 Å². The molecule has 5 rings (SSSR count). The van der Waals surface area contributed by atoms with E-state index in [0.717, 1.165) is 42.8 Å².